The molecule has 1 aromatic heterocycles. The van der Waals surface area contributed by atoms with Gasteiger partial charge in [0, 0.05) is 10.9 Å². The molecule has 146 valence electrons. The van der Waals surface area contributed by atoms with E-state index in [9.17, 15) is 9.59 Å². The molecule has 0 radical (unpaired) electrons. The van der Waals surface area contributed by atoms with Crippen molar-refractivity contribution in [1.82, 2.24) is 10.3 Å². The van der Waals surface area contributed by atoms with Gasteiger partial charge in [-0.25, -0.2) is 4.79 Å². The van der Waals surface area contributed by atoms with Gasteiger partial charge in [0.2, 0.25) is 0 Å². The minimum atomic E-state index is -0.544. The highest BCUT2D eigenvalue weighted by molar-refractivity contribution is 5.95. The summed E-state index contributed by atoms with van der Waals surface area (Å²) >= 11 is 0. The Morgan fingerprint density at radius 3 is 2.43 bits per heavy atom. The summed E-state index contributed by atoms with van der Waals surface area (Å²) in [7, 11) is 0. The molecule has 0 bridgehead atoms. The lowest BCUT2D eigenvalue weighted by molar-refractivity contribution is -0.124. The second kappa shape index (κ2) is 8.74. The van der Waals surface area contributed by atoms with Crippen LogP contribution >= 0.6 is 0 Å². The summed E-state index contributed by atoms with van der Waals surface area (Å²) in [6, 6.07) is 17.4. The maximum absolute atomic E-state index is 12.2. The predicted octanol–water partition coefficient (Wildman–Crippen LogP) is 4.40. The fourth-order valence-electron chi connectivity index (χ4n) is 3.17. The molecular formula is C23H26N2O3. The molecule has 0 aliphatic heterocycles. The first-order valence-corrected chi connectivity index (χ1v) is 9.55. The van der Waals surface area contributed by atoms with Crippen LogP contribution < -0.4 is 5.32 Å². The lowest BCUT2D eigenvalue weighted by Gasteiger charge is -2.15. The lowest BCUT2D eigenvalue weighted by Crippen LogP contribution is -2.31. The van der Waals surface area contributed by atoms with Gasteiger partial charge in [0.25, 0.3) is 5.91 Å². The van der Waals surface area contributed by atoms with Gasteiger partial charge in [-0.2, -0.15) is 0 Å². The van der Waals surface area contributed by atoms with E-state index in [0.717, 1.165) is 22.9 Å². The zero-order valence-electron chi connectivity index (χ0n) is 16.5. The fourth-order valence-corrected chi connectivity index (χ4v) is 3.17. The van der Waals surface area contributed by atoms with E-state index in [4.69, 9.17) is 4.74 Å². The number of aromatic amines is 1. The van der Waals surface area contributed by atoms with Gasteiger partial charge in [-0.05, 0) is 42.5 Å². The van der Waals surface area contributed by atoms with E-state index in [1.165, 1.54) is 5.56 Å². The molecule has 5 nitrogen and oxygen atoms in total. The normalized spacial score (nSPS) is 12.1. The summed E-state index contributed by atoms with van der Waals surface area (Å²) in [5, 5.41) is 3.79. The van der Waals surface area contributed by atoms with Crippen molar-refractivity contribution in [2.75, 3.05) is 6.61 Å². The molecule has 28 heavy (non-hydrogen) atoms. The van der Waals surface area contributed by atoms with Gasteiger partial charge in [-0.1, -0.05) is 56.3 Å². The van der Waals surface area contributed by atoms with Gasteiger partial charge in [-0.3, -0.25) is 4.79 Å². The number of hydrogen-bond donors (Lipinski definition) is 2. The first-order chi connectivity index (χ1) is 13.4. The average Bonchev–Trinajstić information content (AvgIpc) is 3.10. The van der Waals surface area contributed by atoms with Crippen molar-refractivity contribution in [1.29, 1.82) is 0 Å². The minimum Gasteiger partial charge on any atom is -0.451 e. The van der Waals surface area contributed by atoms with Crippen LogP contribution in [0.3, 0.4) is 0 Å². The Bertz CT molecular complexity index is 924. The van der Waals surface area contributed by atoms with E-state index in [1.54, 1.807) is 6.07 Å². The number of esters is 1. The zero-order valence-corrected chi connectivity index (χ0v) is 16.5. The van der Waals surface area contributed by atoms with E-state index in [-0.39, 0.29) is 18.6 Å². The Morgan fingerprint density at radius 2 is 1.75 bits per heavy atom. The summed E-state index contributed by atoms with van der Waals surface area (Å²) in [5.74, 6) is -0.268. The monoisotopic (exact) mass is 378 g/mol. The second-order valence-corrected chi connectivity index (χ2v) is 7.48. The van der Waals surface area contributed by atoms with E-state index < -0.39 is 5.97 Å². The molecule has 1 atom stereocenters. The van der Waals surface area contributed by atoms with Crippen LogP contribution in [0.15, 0.2) is 54.6 Å². The smallest absolute Gasteiger partial charge is 0.355 e. The van der Waals surface area contributed by atoms with Crippen LogP contribution in [0.1, 0.15) is 48.4 Å². The van der Waals surface area contributed by atoms with Gasteiger partial charge < -0.3 is 15.0 Å². The number of nitrogens with one attached hydrogen (secondary N) is 2. The van der Waals surface area contributed by atoms with E-state index >= 15 is 0 Å². The van der Waals surface area contributed by atoms with Crippen molar-refractivity contribution in [2.45, 2.75) is 33.2 Å². The van der Waals surface area contributed by atoms with Crippen LogP contribution in [0.25, 0.3) is 10.9 Å². The maximum atomic E-state index is 12.2. The van der Waals surface area contributed by atoms with Crippen LogP contribution in [0, 0.1) is 5.92 Å². The number of para-hydroxylation sites is 1. The van der Waals surface area contributed by atoms with Crippen LogP contribution in [-0.4, -0.2) is 23.5 Å². The molecule has 0 unspecified atom stereocenters. The topological polar surface area (TPSA) is 71.2 Å². The number of H-pyrrole nitrogens is 1. The molecule has 2 N–H and O–H groups in total. The number of fused-ring (bicyclic) bond motifs is 1. The molecular weight excluding hydrogens is 352 g/mol. The van der Waals surface area contributed by atoms with Gasteiger partial charge in [0.1, 0.15) is 5.69 Å². The number of benzene rings is 2. The highest BCUT2D eigenvalue weighted by atomic mass is 16.5. The van der Waals surface area contributed by atoms with Crippen molar-refractivity contribution in [3.63, 3.8) is 0 Å². The summed E-state index contributed by atoms with van der Waals surface area (Å²) in [4.78, 5) is 27.3. The number of aromatic nitrogens is 1. The summed E-state index contributed by atoms with van der Waals surface area (Å²) in [5.41, 5.74) is 3.49. The van der Waals surface area contributed by atoms with Gasteiger partial charge in [0.05, 0.1) is 6.04 Å². The highest BCUT2D eigenvalue weighted by Gasteiger charge is 2.15. The van der Waals surface area contributed by atoms with Crippen LogP contribution in [0.4, 0.5) is 0 Å². The molecule has 1 amide bonds. The van der Waals surface area contributed by atoms with Crippen LogP contribution in [-0.2, 0) is 16.0 Å². The van der Waals surface area contributed by atoms with Crippen molar-refractivity contribution in [2.24, 2.45) is 5.92 Å². The molecule has 1 heterocycles. The molecule has 0 spiro atoms. The Labute approximate surface area is 165 Å². The third kappa shape index (κ3) is 5.00. The maximum Gasteiger partial charge on any atom is 0.355 e. The quantitative estimate of drug-likeness (QED) is 0.599. The van der Waals surface area contributed by atoms with Crippen LogP contribution in [0.5, 0.6) is 0 Å². The zero-order chi connectivity index (χ0) is 20.1. The van der Waals surface area contributed by atoms with Gasteiger partial charge >= 0.3 is 5.97 Å². The van der Waals surface area contributed by atoms with E-state index in [2.05, 4.69) is 36.3 Å². The Balaban J connectivity index is 1.51. The van der Waals surface area contributed by atoms with Gasteiger partial charge in [0.15, 0.2) is 6.61 Å². The first-order valence-electron chi connectivity index (χ1n) is 9.55. The third-order valence-electron chi connectivity index (χ3n) is 4.59. The van der Waals surface area contributed by atoms with E-state index in [1.807, 2.05) is 43.3 Å². The fraction of sp³-hybridized carbons (Fsp3) is 0.304. The number of amides is 1. The SMILES string of the molecule is CC(C)Cc1ccc([C@H](C)NC(=O)COC(=O)c2cc3ccccc3[nH]2)cc1. The number of ether oxygens (including phenoxy) is 1. The standard InChI is InChI=1S/C23H26N2O3/c1-15(2)12-17-8-10-18(11-9-17)16(3)24-22(26)14-28-23(27)21-13-19-6-4-5-7-20(19)25-21/h4-11,13,15-16,25H,12,14H2,1-3H3,(H,24,26)/t16-/m0/s1. The minimum absolute atomic E-state index is 0.160. The van der Waals surface area contributed by atoms with Crippen molar-refractivity contribution in [3.05, 3.63) is 71.4 Å². The van der Waals surface area contributed by atoms with E-state index in [0.29, 0.717) is 11.6 Å². The van der Waals surface area contributed by atoms with Crippen molar-refractivity contribution < 1.29 is 14.3 Å². The predicted molar refractivity (Wildman–Crippen MR) is 110 cm³/mol. The molecule has 0 saturated heterocycles. The first kappa shape index (κ1) is 19.7. The molecule has 5 heteroatoms. The lowest BCUT2D eigenvalue weighted by atomic mass is 10.00. The average molecular weight is 378 g/mol. The molecule has 3 rings (SSSR count). The third-order valence-corrected chi connectivity index (χ3v) is 4.59. The Hall–Kier alpha value is -3.08. The molecule has 0 saturated carbocycles. The second-order valence-electron chi connectivity index (χ2n) is 7.48. The number of hydrogen-bond acceptors (Lipinski definition) is 3. The molecule has 3 aromatic rings. The number of carbonyl (C=O) groups is 2. The van der Waals surface area contributed by atoms with Crippen molar-refractivity contribution >= 4 is 22.8 Å². The summed E-state index contributed by atoms with van der Waals surface area (Å²) < 4.78 is 5.14. The van der Waals surface area contributed by atoms with Crippen LogP contribution in [0.2, 0.25) is 0 Å². The summed E-state index contributed by atoms with van der Waals surface area (Å²) in [6.07, 6.45) is 1.03. The highest BCUT2D eigenvalue weighted by Crippen LogP contribution is 2.16. The summed E-state index contributed by atoms with van der Waals surface area (Å²) in [6.45, 7) is 5.97. The number of carbonyl (C=O) groups excluding carboxylic acids is 2. The van der Waals surface area contributed by atoms with Crippen molar-refractivity contribution in [3.8, 4) is 0 Å². The van der Waals surface area contributed by atoms with Gasteiger partial charge in [-0.15, -0.1) is 0 Å². The Kier molecular flexibility index (Phi) is 6.14. The Morgan fingerprint density at radius 1 is 1.04 bits per heavy atom. The molecule has 0 aliphatic rings. The number of rotatable bonds is 7. The molecule has 0 aliphatic carbocycles. The largest absolute Gasteiger partial charge is 0.451 e. The molecule has 0 fully saturated rings. The molecule has 2 aromatic carbocycles.